The number of likely N-dealkylation sites (N-methyl/N-ethyl adjacent to an activating group) is 8. The topological polar surface area (TPSA) is 290 Å². The normalized spacial score (nSPS) is 28.8. The average molecular weight is 1500 g/mol. The Morgan fingerprint density at radius 3 is 1.71 bits per heavy atom. The molecule has 32 heteroatoms. The van der Waals surface area contributed by atoms with Crippen LogP contribution in [0.4, 0.5) is 22.0 Å². The molecule has 3 aliphatic heterocycles. The maximum absolute atomic E-state index is 15.4. The Balaban J connectivity index is 1.65. The predicted octanol–water partition coefficient (Wildman–Crippen LogP) is 5.12. The first-order valence-electron chi connectivity index (χ1n) is 37.1. The van der Waals surface area contributed by atoms with Gasteiger partial charge < -0.3 is 64.9 Å². The van der Waals surface area contributed by atoms with E-state index in [2.05, 4.69) is 16.0 Å². The minimum Gasteiger partial charge on any atom is -0.343 e. The predicted molar refractivity (Wildman–Crippen MR) is 378 cm³/mol. The first-order valence-corrected chi connectivity index (χ1v) is 37.6. The summed E-state index contributed by atoms with van der Waals surface area (Å²) in [6.07, 6.45) is -1.59. The van der Waals surface area contributed by atoms with E-state index in [-0.39, 0.29) is 56.8 Å². The van der Waals surface area contributed by atoms with Crippen molar-refractivity contribution in [2.24, 2.45) is 35.5 Å². The van der Waals surface area contributed by atoms with Crippen molar-refractivity contribution in [2.75, 3.05) is 102 Å². The lowest BCUT2D eigenvalue weighted by atomic mass is 9.78. The Labute approximate surface area is 615 Å². The standard InChI is InChI=1S/C72H117ClF5N13O13/c1-16-45(6)61-69(103)84(10)41-59(95)82(8)42-60(96)86(12)54(37-47-23-19-17-20-24-47)67(101)83(9)40-56(92)79-51(28-26-48-25-27-49(50(73)36-48)72(76,77)78)65(99)87(13)53(38-58(94)90-33-29-71(74,75)30-34-90)64(98)80-52(35-43(2)3)66(100)89(15)62(44(4)5)70(104)88(14)55(68(102)91-31-21-18-22-32-91)39-57(93)85(11)46(7)63(97)81-61/h43-55,61-62H,16-42H2,1-15H3,(H,79,92)(H,80,98)(H,81,97)/t45-,46-,48?,49?,50?,51-,52-,53-,54-,55-,61-,62-/m0/s1. The molecule has 0 radical (unpaired) electrons. The van der Waals surface area contributed by atoms with E-state index < -0.39 is 225 Å². The number of nitrogens with zero attached hydrogens (tertiary/aromatic N) is 10. The summed E-state index contributed by atoms with van der Waals surface area (Å²) in [5.74, 6) is -17.4. The molecule has 104 heavy (non-hydrogen) atoms. The molecule has 3 heterocycles. The molecule has 2 aliphatic carbocycles. The molecule has 0 aromatic heterocycles. The molecule has 12 atom stereocenters. The number of carbonyl (C=O) groups excluding carboxylic acids is 13. The van der Waals surface area contributed by atoms with Crippen LogP contribution >= 0.6 is 11.6 Å². The molecule has 0 aromatic rings. The fourth-order valence-electron chi connectivity index (χ4n) is 14.8. The molecule has 13 amide bonds. The maximum atomic E-state index is 15.4. The van der Waals surface area contributed by atoms with E-state index in [9.17, 15) is 65.1 Å². The van der Waals surface area contributed by atoms with Gasteiger partial charge in [-0.15, -0.1) is 11.6 Å². The van der Waals surface area contributed by atoms with Gasteiger partial charge in [-0.25, -0.2) is 8.78 Å². The van der Waals surface area contributed by atoms with Crippen LogP contribution in [0.25, 0.3) is 0 Å². The van der Waals surface area contributed by atoms with Gasteiger partial charge >= 0.3 is 6.18 Å². The number of hydrogen-bond acceptors (Lipinski definition) is 13. The molecule has 5 fully saturated rings. The lowest BCUT2D eigenvalue weighted by molar-refractivity contribution is -0.182. The van der Waals surface area contributed by atoms with E-state index >= 15 is 19.2 Å². The number of halogens is 6. The Kier molecular flexibility index (Phi) is 32.9. The van der Waals surface area contributed by atoms with Crippen LogP contribution in [-0.2, 0) is 62.3 Å². The highest BCUT2D eigenvalue weighted by Gasteiger charge is 2.49. The highest BCUT2D eigenvalue weighted by Crippen LogP contribution is 2.44. The van der Waals surface area contributed by atoms with Crippen LogP contribution in [0.5, 0.6) is 0 Å². The van der Waals surface area contributed by atoms with Gasteiger partial charge in [-0.3, -0.25) is 62.3 Å². The van der Waals surface area contributed by atoms with E-state index in [4.69, 9.17) is 11.6 Å². The first kappa shape index (κ1) is 87.7. The molecular weight excluding hydrogens is 1390 g/mol. The van der Waals surface area contributed by atoms with Gasteiger partial charge in [0.2, 0.25) is 76.8 Å². The summed E-state index contributed by atoms with van der Waals surface area (Å²) in [5.41, 5.74) is 0. The van der Waals surface area contributed by atoms with Crippen molar-refractivity contribution in [3.63, 3.8) is 0 Å². The van der Waals surface area contributed by atoms with Gasteiger partial charge in [0.25, 0.3) is 5.92 Å². The van der Waals surface area contributed by atoms with Crippen LogP contribution in [-0.4, -0.2) is 294 Å². The molecule has 0 bridgehead atoms. The van der Waals surface area contributed by atoms with Crippen molar-refractivity contribution in [1.82, 2.24) is 64.9 Å². The average Bonchev–Trinajstić information content (AvgIpc) is 0.758. The van der Waals surface area contributed by atoms with Crippen molar-refractivity contribution in [1.29, 1.82) is 0 Å². The summed E-state index contributed by atoms with van der Waals surface area (Å²) in [5, 5.41) is 6.85. The second-order valence-corrected chi connectivity index (χ2v) is 31.3. The Morgan fingerprint density at radius 2 is 1.14 bits per heavy atom. The number of rotatable bonds is 13. The number of amides is 13. The molecule has 3 unspecified atom stereocenters. The number of carbonyl (C=O) groups is 13. The summed E-state index contributed by atoms with van der Waals surface area (Å²) in [6.45, 7) is 9.57. The Hall–Kier alpha value is -6.95. The minimum atomic E-state index is -4.59. The fraction of sp³-hybridized carbons (Fsp3) is 0.819. The summed E-state index contributed by atoms with van der Waals surface area (Å²) >= 11 is 6.39. The third kappa shape index (κ3) is 24.0. The van der Waals surface area contributed by atoms with Crippen molar-refractivity contribution in [3.05, 3.63) is 0 Å². The van der Waals surface area contributed by atoms with Gasteiger partial charge in [0, 0.05) is 101 Å². The zero-order valence-corrected chi connectivity index (χ0v) is 64.6. The summed E-state index contributed by atoms with van der Waals surface area (Å²) in [4.78, 5) is 203. The number of hydrogen-bond donors (Lipinski definition) is 3. The smallest absolute Gasteiger partial charge is 0.343 e. The third-order valence-electron chi connectivity index (χ3n) is 22.1. The molecule has 26 nitrogen and oxygen atoms in total. The van der Waals surface area contributed by atoms with Crippen molar-refractivity contribution >= 4 is 88.4 Å². The second-order valence-electron chi connectivity index (χ2n) is 30.8. The van der Waals surface area contributed by atoms with Crippen LogP contribution in [0.15, 0.2) is 0 Å². The number of likely N-dealkylation sites (tertiary alicyclic amines) is 2. The number of piperidine rings is 2. The van der Waals surface area contributed by atoms with Gasteiger partial charge in [-0.1, -0.05) is 80.1 Å². The van der Waals surface area contributed by atoms with Crippen LogP contribution < -0.4 is 16.0 Å². The molecule has 5 aliphatic rings. The van der Waals surface area contributed by atoms with Gasteiger partial charge in [0.15, 0.2) is 0 Å². The first-order chi connectivity index (χ1) is 48.5. The van der Waals surface area contributed by atoms with Crippen molar-refractivity contribution in [3.8, 4) is 0 Å². The second kappa shape index (κ2) is 39.1. The number of nitrogens with one attached hydrogen (secondary N) is 3. The molecule has 3 N–H and O–H groups in total. The Morgan fingerprint density at radius 1 is 0.567 bits per heavy atom. The van der Waals surface area contributed by atoms with Crippen molar-refractivity contribution in [2.45, 2.75) is 243 Å². The van der Waals surface area contributed by atoms with E-state index in [0.717, 1.165) is 84.8 Å². The highest BCUT2D eigenvalue weighted by molar-refractivity contribution is 6.21. The molecule has 0 aromatic carbocycles. The molecule has 590 valence electrons. The molecule has 5 rings (SSSR count). The van der Waals surface area contributed by atoms with Gasteiger partial charge in [0.1, 0.15) is 48.3 Å². The summed E-state index contributed by atoms with van der Waals surface area (Å²) in [7, 11) is 10.5. The third-order valence-corrected chi connectivity index (χ3v) is 22.6. The minimum absolute atomic E-state index is 0.00351. The Bertz CT molecular complexity index is 3020. The quantitative estimate of drug-likeness (QED) is 0.160. The molecule has 2 saturated carbocycles. The van der Waals surface area contributed by atoms with Crippen LogP contribution in [0.1, 0.15) is 177 Å². The van der Waals surface area contributed by atoms with E-state index in [1.54, 1.807) is 46.4 Å². The van der Waals surface area contributed by atoms with E-state index in [1.165, 1.54) is 61.2 Å². The van der Waals surface area contributed by atoms with Gasteiger partial charge in [-0.05, 0) is 101 Å². The lowest BCUT2D eigenvalue weighted by Crippen LogP contribution is -2.62. The van der Waals surface area contributed by atoms with Gasteiger partial charge in [0.05, 0.1) is 38.4 Å². The maximum Gasteiger partial charge on any atom is 0.393 e. The largest absolute Gasteiger partial charge is 0.393 e. The summed E-state index contributed by atoms with van der Waals surface area (Å²) in [6, 6.07) is -11.6. The van der Waals surface area contributed by atoms with E-state index in [1.807, 2.05) is 0 Å². The fourth-order valence-corrected chi connectivity index (χ4v) is 15.3. The molecule has 3 saturated heterocycles. The monoisotopic (exact) mass is 1500 g/mol. The lowest BCUT2D eigenvalue weighted by Gasteiger charge is -2.40. The van der Waals surface area contributed by atoms with Crippen LogP contribution in [0.2, 0.25) is 0 Å². The highest BCUT2D eigenvalue weighted by atomic mass is 35.5. The van der Waals surface area contributed by atoms with Crippen LogP contribution in [0.3, 0.4) is 0 Å². The molecular formula is C72H117ClF5N13O13. The molecule has 0 spiro atoms. The van der Waals surface area contributed by atoms with Crippen LogP contribution in [0, 0.1) is 35.5 Å². The SMILES string of the molecule is CC[C@H](C)[C@@H]1NC(=O)[C@H](C)N(C)C(=O)C[C@@H](C(=O)N2CCCCC2)N(C)C(=O)[C@H](C(C)C)N(C)C(=O)[C@H](CC(C)C)NC(=O)[C@H](CC(=O)N2CCC(F)(F)CC2)N(C)C(=O)[C@H](CCC2CCC(C(F)(F)F)C(Cl)C2)NC(=O)CN(C)C(=O)[C@H](CC2CCCCC2)N(C)C(=O)CN(C)C(=O)CN(C)C1=O. The van der Waals surface area contributed by atoms with Crippen molar-refractivity contribution < 1.29 is 84.3 Å². The zero-order chi connectivity index (χ0) is 78.2. The summed E-state index contributed by atoms with van der Waals surface area (Å²) < 4.78 is 71.4. The number of alkyl halides is 6. The van der Waals surface area contributed by atoms with Gasteiger partial charge in [-0.2, -0.15) is 13.2 Å². The van der Waals surface area contributed by atoms with E-state index in [0.29, 0.717) is 32.4 Å². The zero-order valence-electron chi connectivity index (χ0n) is 63.8.